The number of pyridine rings is 1. The van der Waals surface area contributed by atoms with E-state index < -0.39 is 0 Å². The number of hydrogen-bond acceptors (Lipinski definition) is 4. The summed E-state index contributed by atoms with van der Waals surface area (Å²) in [6, 6.07) is 16.0. The van der Waals surface area contributed by atoms with Crippen LogP contribution in [-0.4, -0.2) is 10.9 Å². The van der Waals surface area contributed by atoms with E-state index in [2.05, 4.69) is 10.3 Å². The van der Waals surface area contributed by atoms with Crippen molar-refractivity contribution in [2.24, 2.45) is 0 Å². The van der Waals surface area contributed by atoms with Crippen LogP contribution in [0.15, 0.2) is 70.0 Å². The van der Waals surface area contributed by atoms with Crippen molar-refractivity contribution < 1.29 is 9.21 Å². The van der Waals surface area contributed by atoms with Crippen LogP contribution in [0.5, 0.6) is 0 Å². The zero-order valence-corrected chi connectivity index (χ0v) is 16.4. The van der Waals surface area contributed by atoms with Gasteiger partial charge < -0.3 is 9.73 Å². The maximum absolute atomic E-state index is 12.6. The van der Waals surface area contributed by atoms with Gasteiger partial charge >= 0.3 is 0 Å². The van der Waals surface area contributed by atoms with Gasteiger partial charge in [0.25, 0.3) is 5.91 Å². The Hall–Kier alpha value is -3.73. The summed E-state index contributed by atoms with van der Waals surface area (Å²) in [5, 5.41) is 3.39. The van der Waals surface area contributed by atoms with Crippen LogP contribution >= 0.6 is 0 Å². The van der Waals surface area contributed by atoms with Crippen molar-refractivity contribution in [1.82, 2.24) is 4.98 Å². The fourth-order valence-electron chi connectivity index (χ4n) is 3.33. The lowest BCUT2D eigenvalue weighted by molar-refractivity contribution is 0.102. The van der Waals surface area contributed by atoms with E-state index in [9.17, 15) is 9.59 Å². The van der Waals surface area contributed by atoms with Crippen LogP contribution in [-0.2, 0) is 0 Å². The van der Waals surface area contributed by atoms with Gasteiger partial charge in [0, 0.05) is 23.4 Å². The molecule has 0 aliphatic carbocycles. The minimum atomic E-state index is -0.246. The fraction of sp³-hybridized carbons (Fsp3) is 0.125. The van der Waals surface area contributed by atoms with Gasteiger partial charge in [0.05, 0.1) is 5.39 Å². The molecule has 4 aromatic rings. The summed E-state index contributed by atoms with van der Waals surface area (Å²) >= 11 is 0. The number of amides is 1. The molecule has 1 amide bonds. The second-order valence-electron chi connectivity index (χ2n) is 7.13. The van der Waals surface area contributed by atoms with Crippen LogP contribution in [0.1, 0.15) is 27.0 Å². The van der Waals surface area contributed by atoms with Crippen molar-refractivity contribution in [3.8, 4) is 11.3 Å². The van der Waals surface area contributed by atoms with Crippen molar-refractivity contribution in [2.45, 2.75) is 20.8 Å². The largest absolute Gasteiger partial charge is 0.456 e. The van der Waals surface area contributed by atoms with E-state index in [1.54, 1.807) is 30.5 Å². The normalized spacial score (nSPS) is 10.9. The standard InChI is InChI=1S/C24H20N2O3/c1-14-11-16(3)22-19(12-14)20(27)13-21(29-22)17-6-8-18(9-7-17)24(28)26-23-15(2)5-4-10-25-23/h4-13H,1-3H3,(H,25,26,28). The number of nitrogens with zero attached hydrogens (tertiary/aromatic N) is 1. The third-order valence-electron chi connectivity index (χ3n) is 4.83. The number of anilines is 1. The Kier molecular flexibility index (Phi) is 4.72. The van der Waals surface area contributed by atoms with Crippen LogP contribution in [0.25, 0.3) is 22.3 Å². The number of carbonyl (C=O) groups excluding carboxylic acids is 1. The predicted octanol–water partition coefficient (Wildman–Crippen LogP) is 5.03. The molecule has 0 saturated heterocycles. The highest BCUT2D eigenvalue weighted by Crippen LogP contribution is 2.25. The number of hydrogen-bond donors (Lipinski definition) is 1. The molecule has 2 heterocycles. The van der Waals surface area contributed by atoms with Gasteiger partial charge in [0.1, 0.15) is 17.2 Å². The summed E-state index contributed by atoms with van der Waals surface area (Å²) in [7, 11) is 0. The first-order valence-electron chi connectivity index (χ1n) is 9.31. The van der Waals surface area contributed by atoms with E-state index in [1.807, 2.05) is 45.0 Å². The molecule has 5 nitrogen and oxygen atoms in total. The first kappa shape index (κ1) is 18.6. The lowest BCUT2D eigenvalue weighted by Crippen LogP contribution is -2.13. The maximum Gasteiger partial charge on any atom is 0.256 e. The third kappa shape index (κ3) is 3.67. The summed E-state index contributed by atoms with van der Waals surface area (Å²) in [6.07, 6.45) is 1.64. The van der Waals surface area contributed by atoms with Crippen LogP contribution in [0.2, 0.25) is 0 Å². The van der Waals surface area contributed by atoms with Gasteiger partial charge in [-0.25, -0.2) is 4.98 Å². The molecule has 0 aliphatic rings. The molecule has 4 rings (SSSR count). The smallest absolute Gasteiger partial charge is 0.256 e. The Morgan fingerprint density at radius 3 is 2.45 bits per heavy atom. The molecule has 0 spiro atoms. The Labute approximate surface area is 168 Å². The number of nitrogens with one attached hydrogen (secondary N) is 1. The van der Waals surface area contributed by atoms with E-state index in [0.29, 0.717) is 28.1 Å². The average molecular weight is 384 g/mol. The molecule has 5 heteroatoms. The van der Waals surface area contributed by atoms with Crippen LogP contribution < -0.4 is 10.7 Å². The summed E-state index contributed by atoms with van der Waals surface area (Å²) in [5.41, 5.74) is 4.56. The first-order chi connectivity index (χ1) is 13.9. The van der Waals surface area contributed by atoms with Crippen molar-refractivity contribution in [1.29, 1.82) is 0 Å². The molecule has 0 aliphatic heterocycles. The Morgan fingerprint density at radius 1 is 0.966 bits per heavy atom. The molecule has 1 N–H and O–H groups in total. The lowest BCUT2D eigenvalue weighted by Gasteiger charge is -2.09. The molecule has 0 saturated carbocycles. The zero-order valence-electron chi connectivity index (χ0n) is 16.4. The number of fused-ring (bicyclic) bond motifs is 1. The van der Waals surface area contributed by atoms with E-state index >= 15 is 0 Å². The van der Waals surface area contributed by atoms with E-state index in [-0.39, 0.29) is 11.3 Å². The second kappa shape index (κ2) is 7.36. The number of aryl methyl sites for hydroxylation is 3. The van der Waals surface area contributed by atoms with Crippen LogP contribution in [0, 0.1) is 20.8 Å². The van der Waals surface area contributed by atoms with Crippen molar-refractivity contribution in [3.63, 3.8) is 0 Å². The highest BCUT2D eigenvalue weighted by Gasteiger charge is 2.12. The molecule has 0 atom stereocenters. The molecule has 2 aromatic heterocycles. The lowest BCUT2D eigenvalue weighted by atomic mass is 10.1. The Bertz CT molecular complexity index is 1290. The highest BCUT2D eigenvalue weighted by molar-refractivity contribution is 6.04. The fourth-order valence-corrected chi connectivity index (χ4v) is 3.33. The molecule has 0 radical (unpaired) electrons. The first-order valence-corrected chi connectivity index (χ1v) is 9.31. The molecule has 144 valence electrons. The highest BCUT2D eigenvalue weighted by atomic mass is 16.3. The van der Waals surface area contributed by atoms with Gasteiger partial charge in [0.2, 0.25) is 0 Å². The van der Waals surface area contributed by atoms with Gasteiger partial charge in [-0.15, -0.1) is 0 Å². The molecule has 0 fully saturated rings. The number of carbonyl (C=O) groups is 1. The van der Waals surface area contributed by atoms with E-state index in [0.717, 1.165) is 22.3 Å². The summed E-state index contributed by atoms with van der Waals surface area (Å²) in [4.78, 5) is 29.2. The minimum Gasteiger partial charge on any atom is -0.456 e. The van der Waals surface area contributed by atoms with Crippen molar-refractivity contribution >= 4 is 22.7 Å². The summed E-state index contributed by atoms with van der Waals surface area (Å²) in [6.45, 7) is 5.77. The Morgan fingerprint density at radius 2 is 1.72 bits per heavy atom. The average Bonchev–Trinajstić information content (AvgIpc) is 2.70. The van der Waals surface area contributed by atoms with Gasteiger partial charge in [-0.1, -0.05) is 24.3 Å². The van der Waals surface area contributed by atoms with Gasteiger partial charge in [-0.05, 0) is 61.7 Å². The van der Waals surface area contributed by atoms with Crippen molar-refractivity contribution in [3.05, 3.63) is 93.3 Å². The van der Waals surface area contributed by atoms with Crippen LogP contribution in [0.4, 0.5) is 5.82 Å². The topological polar surface area (TPSA) is 72.2 Å². The molecule has 29 heavy (non-hydrogen) atoms. The molecule has 0 unspecified atom stereocenters. The quantitative estimate of drug-likeness (QED) is 0.537. The van der Waals surface area contributed by atoms with Gasteiger partial charge in [-0.2, -0.15) is 0 Å². The monoisotopic (exact) mass is 384 g/mol. The SMILES string of the molecule is Cc1cc(C)c2oc(-c3ccc(C(=O)Nc4ncccc4C)cc3)cc(=O)c2c1. The van der Waals surface area contributed by atoms with Crippen molar-refractivity contribution in [2.75, 3.05) is 5.32 Å². The third-order valence-corrected chi connectivity index (χ3v) is 4.83. The van der Waals surface area contributed by atoms with Gasteiger partial charge in [-0.3, -0.25) is 9.59 Å². The summed E-state index contributed by atoms with van der Waals surface area (Å²) < 4.78 is 6.02. The molecule has 2 aromatic carbocycles. The predicted molar refractivity (Wildman–Crippen MR) is 114 cm³/mol. The number of benzene rings is 2. The molecule has 0 bridgehead atoms. The molecular weight excluding hydrogens is 364 g/mol. The summed E-state index contributed by atoms with van der Waals surface area (Å²) in [5.74, 6) is 0.763. The maximum atomic E-state index is 12.6. The number of rotatable bonds is 3. The van der Waals surface area contributed by atoms with E-state index in [4.69, 9.17) is 4.42 Å². The van der Waals surface area contributed by atoms with Gasteiger partial charge in [0.15, 0.2) is 5.43 Å². The second-order valence-corrected chi connectivity index (χ2v) is 7.13. The number of aromatic nitrogens is 1. The van der Waals surface area contributed by atoms with E-state index in [1.165, 1.54) is 6.07 Å². The Balaban J connectivity index is 1.65. The minimum absolute atomic E-state index is 0.0829. The van der Waals surface area contributed by atoms with Crippen LogP contribution in [0.3, 0.4) is 0 Å². The zero-order chi connectivity index (χ0) is 20.5. The molecular formula is C24H20N2O3.